The van der Waals surface area contributed by atoms with Gasteiger partial charge in [-0.1, -0.05) is 19.1 Å². The summed E-state index contributed by atoms with van der Waals surface area (Å²) in [6.07, 6.45) is 0. The average Bonchev–Trinajstić information content (AvgIpc) is 2.59. The molecule has 0 radical (unpaired) electrons. The van der Waals surface area contributed by atoms with E-state index in [9.17, 15) is 14.7 Å². The third-order valence-corrected chi connectivity index (χ3v) is 5.39. The Labute approximate surface area is 153 Å². The Bertz CT molecular complexity index is 537. The second-order valence-corrected chi connectivity index (χ2v) is 7.07. The van der Waals surface area contributed by atoms with E-state index >= 15 is 0 Å². The van der Waals surface area contributed by atoms with Crippen LogP contribution in [-0.2, 0) is 15.3 Å². The highest BCUT2D eigenvalue weighted by Gasteiger charge is 2.22. The summed E-state index contributed by atoms with van der Waals surface area (Å²) in [6, 6.07) is 7.34. The second-order valence-electron chi connectivity index (χ2n) is 5.68. The van der Waals surface area contributed by atoms with Crippen molar-refractivity contribution in [3.63, 3.8) is 0 Å². The van der Waals surface area contributed by atoms with Crippen LogP contribution in [0.3, 0.4) is 0 Å². The first-order valence-electron chi connectivity index (χ1n) is 7.90. The Morgan fingerprint density at radius 1 is 1.33 bits per heavy atom. The number of nitrogens with zero attached hydrogens (tertiary/aromatic N) is 1. The van der Waals surface area contributed by atoms with E-state index < -0.39 is 12.0 Å². The molecule has 24 heavy (non-hydrogen) atoms. The normalized spacial score (nSPS) is 13.2. The summed E-state index contributed by atoms with van der Waals surface area (Å²) in [5, 5.41) is 11.8. The van der Waals surface area contributed by atoms with E-state index in [1.54, 1.807) is 6.92 Å². The molecule has 0 saturated carbocycles. The van der Waals surface area contributed by atoms with Gasteiger partial charge in [0.25, 0.3) is 0 Å². The first-order chi connectivity index (χ1) is 11.4. The predicted molar refractivity (Wildman–Crippen MR) is 104 cm³/mol. The number of carbonyl (C=O) groups is 2. The van der Waals surface area contributed by atoms with E-state index in [1.165, 1.54) is 11.8 Å². The van der Waals surface area contributed by atoms with Crippen LogP contribution < -0.4 is 10.2 Å². The molecule has 5 nitrogen and oxygen atoms in total. The lowest BCUT2D eigenvalue weighted by atomic mass is 10.2. The summed E-state index contributed by atoms with van der Waals surface area (Å²) in [4.78, 5) is 25.3. The fraction of sp³-hybridized carbons (Fsp3) is 0.529. The number of anilines is 1. The number of nitrogens with one attached hydrogen (secondary N) is 1. The molecule has 0 fully saturated rings. The molecule has 0 heterocycles. The van der Waals surface area contributed by atoms with Gasteiger partial charge in [0.05, 0.1) is 0 Å². The van der Waals surface area contributed by atoms with Gasteiger partial charge in [-0.15, -0.1) is 0 Å². The zero-order valence-electron chi connectivity index (χ0n) is 14.4. The van der Waals surface area contributed by atoms with Crippen LogP contribution in [0.1, 0.15) is 19.4 Å². The lowest BCUT2D eigenvalue weighted by Crippen LogP contribution is -2.45. The summed E-state index contributed by atoms with van der Waals surface area (Å²) < 4.78 is 0. The molecule has 1 rings (SSSR count). The van der Waals surface area contributed by atoms with Crippen molar-refractivity contribution in [3.8, 4) is 0 Å². The van der Waals surface area contributed by atoms with Crippen molar-refractivity contribution >= 4 is 42.0 Å². The molecular weight excluding hydrogens is 344 g/mol. The maximum Gasteiger partial charge on any atom is 0.327 e. The lowest BCUT2D eigenvalue weighted by Gasteiger charge is -2.18. The van der Waals surface area contributed by atoms with Crippen molar-refractivity contribution in [1.29, 1.82) is 0 Å². The Kier molecular flexibility index (Phi) is 9.07. The van der Waals surface area contributed by atoms with Gasteiger partial charge in [-0.05, 0) is 24.6 Å². The minimum atomic E-state index is -1.01. The number of rotatable bonds is 10. The van der Waals surface area contributed by atoms with Crippen molar-refractivity contribution < 1.29 is 14.7 Å². The summed E-state index contributed by atoms with van der Waals surface area (Å²) in [5.41, 5.74) is 2.29. The number of hydrogen-bond donors (Lipinski definition) is 3. The van der Waals surface area contributed by atoms with Gasteiger partial charge >= 0.3 is 5.97 Å². The highest BCUT2D eigenvalue weighted by Crippen LogP contribution is 2.18. The average molecular weight is 371 g/mol. The van der Waals surface area contributed by atoms with Crippen LogP contribution in [0.2, 0.25) is 0 Å². The third-order valence-electron chi connectivity index (χ3n) is 3.74. The first kappa shape index (κ1) is 20.7. The number of benzene rings is 1. The maximum atomic E-state index is 11.8. The van der Waals surface area contributed by atoms with Gasteiger partial charge in [0.2, 0.25) is 5.91 Å². The van der Waals surface area contributed by atoms with Crippen LogP contribution >= 0.6 is 24.4 Å². The van der Waals surface area contributed by atoms with E-state index in [1.807, 2.05) is 19.2 Å². The smallest absolute Gasteiger partial charge is 0.327 e. The molecule has 0 aliphatic carbocycles. The van der Waals surface area contributed by atoms with Crippen molar-refractivity contribution in [1.82, 2.24) is 5.32 Å². The standard InChI is InChI=1S/C17H26N2O3S2/c1-4-19(3)14-7-5-13(6-8-14)10-24-11-15(17(21)22)18-16(20)12(2)9-23/h5-8,12,15,23H,4,9-11H2,1-3H3,(H,18,20)(H,21,22)/t12-,15+/m1/s1. The molecule has 134 valence electrons. The molecule has 0 saturated heterocycles. The molecule has 1 amide bonds. The number of amides is 1. The van der Waals surface area contributed by atoms with Crippen LogP contribution in [0.15, 0.2) is 24.3 Å². The Morgan fingerprint density at radius 3 is 2.46 bits per heavy atom. The Hall–Kier alpha value is -1.34. The minimum Gasteiger partial charge on any atom is -0.480 e. The number of carboxylic acid groups (broad SMARTS) is 1. The zero-order valence-corrected chi connectivity index (χ0v) is 16.1. The minimum absolute atomic E-state index is 0.273. The van der Waals surface area contributed by atoms with Crippen LogP contribution in [0.4, 0.5) is 5.69 Å². The molecule has 0 aromatic heterocycles. The van der Waals surface area contributed by atoms with Crippen LogP contribution in [0.5, 0.6) is 0 Å². The topological polar surface area (TPSA) is 69.6 Å². The van der Waals surface area contributed by atoms with Gasteiger partial charge in [0, 0.05) is 42.5 Å². The SMILES string of the molecule is CCN(C)c1ccc(CSC[C@H](NC(=O)[C@H](C)CS)C(=O)O)cc1. The molecule has 0 spiro atoms. The van der Waals surface area contributed by atoms with Gasteiger partial charge in [-0.2, -0.15) is 24.4 Å². The predicted octanol–water partition coefficient (Wildman–Crippen LogP) is 2.51. The monoisotopic (exact) mass is 370 g/mol. The van der Waals surface area contributed by atoms with E-state index in [0.29, 0.717) is 17.3 Å². The summed E-state index contributed by atoms with van der Waals surface area (Å²) in [5.74, 6) is -0.158. The van der Waals surface area contributed by atoms with Crippen molar-refractivity contribution in [2.75, 3.05) is 30.0 Å². The quantitative estimate of drug-likeness (QED) is 0.552. The maximum absolute atomic E-state index is 11.8. The molecule has 2 N–H and O–H groups in total. The number of carbonyl (C=O) groups excluding carboxylic acids is 1. The molecule has 2 atom stereocenters. The van der Waals surface area contributed by atoms with Crippen molar-refractivity contribution in [3.05, 3.63) is 29.8 Å². The third kappa shape index (κ3) is 6.65. The van der Waals surface area contributed by atoms with Crippen molar-refractivity contribution in [2.45, 2.75) is 25.6 Å². The molecular formula is C17H26N2O3S2. The van der Waals surface area contributed by atoms with Crippen molar-refractivity contribution in [2.24, 2.45) is 5.92 Å². The largest absolute Gasteiger partial charge is 0.480 e. The van der Waals surface area contributed by atoms with Gasteiger partial charge in [-0.3, -0.25) is 4.79 Å². The first-order valence-corrected chi connectivity index (χ1v) is 9.69. The number of thioether (sulfide) groups is 1. The molecule has 0 aliphatic rings. The number of hydrogen-bond acceptors (Lipinski definition) is 5. The Morgan fingerprint density at radius 2 is 1.96 bits per heavy atom. The molecule has 0 aliphatic heterocycles. The lowest BCUT2D eigenvalue weighted by molar-refractivity contribution is -0.141. The summed E-state index contributed by atoms with van der Waals surface area (Å²) >= 11 is 5.56. The van der Waals surface area contributed by atoms with Crippen LogP contribution in [0.25, 0.3) is 0 Å². The van der Waals surface area contributed by atoms with E-state index in [0.717, 1.165) is 17.8 Å². The van der Waals surface area contributed by atoms with Gasteiger partial charge in [0.15, 0.2) is 0 Å². The van der Waals surface area contributed by atoms with Gasteiger partial charge in [0.1, 0.15) is 6.04 Å². The van der Waals surface area contributed by atoms with Crippen LogP contribution in [-0.4, -0.2) is 48.1 Å². The molecule has 1 aromatic carbocycles. The fourth-order valence-corrected chi connectivity index (χ4v) is 3.07. The van der Waals surface area contributed by atoms with E-state index in [4.69, 9.17) is 0 Å². The highest BCUT2D eigenvalue weighted by molar-refractivity contribution is 7.98. The Balaban J connectivity index is 2.50. The zero-order chi connectivity index (χ0) is 18.1. The number of carboxylic acids is 1. The fourth-order valence-electron chi connectivity index (χ4n) is 1.90. The van der Waals surface area contributed by atoms with Gasteiger partial charge in [-0.25, -0.2) is 4.79 Å². The molecule has 0 unspecified atom stereocenters. The highest BCUT2D eigenvalue weighted by atomic mass is 32.2. The van der Waals surface area contributed by atoms with Crippen LogP contribution in [0, 0.1) is 5.92 Å². The number of thiol groups is 1. The van der Waals surface area contributed by atoms with E-state index in [-0.39, 0.29) is 11.8 Å². The molecule has 1 aromatic rings. The summed E-state index contributed by atoms with van der Waals surface area (Å²) in [7, 11) is 2.04. The molecule has 0 bridgehead atoms. The molecule has 7 heteroatoms. The van der Waals surface area contributed by atoms with E-state index in [2.05, 4.69) is 41.9 Å². The second kappa shape index (κ2) is 10.5. The summed E-state index contributed by atoms with van der Waals surface area (Å²) in [6.45, 7) is 4.76. The van der Waals surface area contributed by atoms with Gasteiger partial charge < -0.3 is 15.3 Å². The number of aliphatic carboxylic acids is 1.